The van der Waals surface area contributed by atoms with E-state index in [0.29, 0.717) is 17.7 Å². The second kappa shape index (κ2) is 13.5. The molecule has 1 aromatic carbocycles. The first kappa shape index (κ1) is 30.7. The standard InChI is InChI=1S/C28H32FN3O7S/c1-6-9-20(33)17(4)32-25(34)23-16(3)24(27(35)38-7-2)40-26(23)31(28(32)36)15-22(39-13-8-12-30)19-14-18(29)10-11-21(19)37-5/h10-11,14,17,22H,6-9,13,15H2,1-5H3/t17-,22-/m0/s1. The average molecular weight is 574 g/mol. The number of benzene rings is 1. The van der Waals surface area contributed by atoms with E-state index in [1.165, 1.54) is 36.8 Å². The molecule has 0 aliphatic rings. The summed E-state index contributed by atoms with van der Waals surface area (Å²) in [4.78, 5) is 53.5. The van der Waals surface area contributed by atoms with Crippen molar-refractivity contribution in [3.8, 4) is 11.8 Å². The number of aryl methyl sites for hydroxylation is 1. The van der Waals surface area contributed by atoms with Crippen molar-refractivity contribution >= 4 is 33.3 Å². The smallest absolute Gasteiger partial charge is 0.348 e. The maximum Gasteiger partial charge on any atom is 0.348 e. The van der Waals surface area contributed by atoms with Gasteiger partial charge >= 0.3 is 11.7 Å². The summed E-state index contributed by atoms with van der Waals surface area (Å²) in [7, 11) is 1.41. The third kappa shape index (κ3) is 6.16. The van der Waals surface area contributed by atoms with Gasteiger partial charge in [-0.3, -0.25) is 14.2 Å². The van der Waals surface area contributed by atoms with E-state index in [-0.39, 0.29) is 59.0 Å². The molecule has 0 radical (unpaired) electrons. The number of halogens is 1. The van der Waals surface area contributed by atoms with Crippen LogP contribution in [0.2, 0.25) is 0 Å². The first-order valence-electron chi connectivity index (χ1n) is 12.9. The molecule has 3 aromatic rings. The van der Waals surface area contributed by atoms with E-state index in [1.54, 1.807) is 13.8 Å². The predicted octanol–water partition coefficient (Wildman–Crippen LogP) is 4.46. The lowest BCUT2D eigenvalue weighted by molar-refractivity contribution is -0.122. The first-order chi connectivity index (χ1) is 19.1. The van der Waals surface area contributed by atoms with Crippen LogP contribution in [-0.4, -0.2) is 41.2 Å². The van der Waals surface area contributed by atoms with Gasteiger partial charge in [-0.1, -0.05) is 6.92 Å². The maximum atomic E-state index is 14.3. The van der Waals surface area contributed by atoms with Gasteiger partial charge in [0, 0.05) is 12.0 Å². The molecule has 10 nitrogen and oxygen atoms in total. The summed E-state index contributed by atoms with van der Waals surface area (Å²) in [5.41, 5.74) is -0.864. The number of ketones is 1. The molecule has 2 aromatic heterocycles. The van der Waals surface area contributed by atoms with Gasteiger partial charge in [0.15, 0.2) is 5.78 Å². The second-order valence-electron chi connectivity index (χ2n) is 9.07. The van der Waals surface area contributed by atoms with Crippen molar-refractivity contribution in [2.45, 2.75) is 65.6 Å². The average Bonchev–Trinajstić information content (AvgIpc) is 3.27. The van der Waals surface area contributed by atoms with Crippen molar-refractivity contribution in [3.63, 3.8) is 0 Å². The van der Waals surface area contributed by atoms with Crippen LogP contribution >= 0.6 is 11.3 Å². The van der Waals surface area contributed by atoms with Crippen molar-refractivity contribution in [1.29, 1.82) is 5.26 Å². The van der Waals surface area contributed by atoms with Gasteiger partial charge < -0.3 is 14.2 Å². The van der Waals surface area contributed by atoms with Gasteiger partial charge in [-0.2, -0.15) is 5.26 Å². The molecule has 214 valence electrons. The number of nitriles is 1. The number of aromatic nitrogens is 2. The predicted molar refractivity (Wildman–Crippen MR) is 148 cm³/mol. The number of fused-ring (bicyclic) bond motifs is 1. The third-order valence-corrected chi connectivity index (χ3v) is 7.77. The zero-order chi connectivity index (χ0) is 29.6. The number of nitrogens with zero attached hydrogens (tertiary/aromatic N) is 3. The third-order valence-electron chi connectivity index (χ3n) is 6.47. The van der Waals surface area contributed by atoms with Crippen molar-refractivity contribution in [2.24, 2.45) is 0 Å². The number of hydrogen-bond donors (Lipinski definition) is 0. The van der Waals surface area contributed by atoms with E-state index in [2.05, 4.69) is 0 Å². The molecule has 0 aliphatic carbocycles. The number of methoxy groups -OCH3 is 1. The van der Waals surface area contributed by atoms with E-state index < -0.39 is 35.2 Å². The van der Waals surface area contributed by atoms with Gasteiger partial charge in [-0.05, 0) is 51.0 Å². The van der Waals surface area contributed by atoms with E-state index >= 15 is 0 Å². The summed E-state index contributed by atoms with van der Waals surface area (Å²) in [6, 6.07) is 4.76. The Balaban J connectivity index is 2.34. The summed E-state index contributed by atoms with van der Waals surface area (Å²) in [5, 5.41) is 9.14. The first-order valence-corrected chi connectivity index (χ1v) is 13.7. The maximum absolute atomic E-state index is 14.3. The van der Waals surface area contributed by atoms with Crippen LogP contribution in [0.25, 0.3) is 10.2 Å². The highest BCUT2D eigenvalue weighted by Crippen LogP contribution is 2.33. The molecule has 12 heteroatoms. The lowest BCUT2D eigenvalue weighted by Crippen LogP contribution is -2.44. The number of hydrogen-bond acceptors (Lipinski definition) is 9. The fraction of sp³-hybridized carbons (Fsp3) is 0.464. The molecule has 2 atom stereocenters. The van der Waals surface area contributed by atoms with Crippen LogP contribution in [0.5, 0.6) is 5.75 Å². The quantitative estimate of drug-likeness (QED) is 0.216. The highest BCUT2D eigenvalue weighted by Gasteiger charge is 2.29. The molecule has 0 aliphatic heterocycles. The minimum atomic E-state index is -1.07. The molecular formula is C28H32FN3O7S. The van der Waals surface area contributed by atoms with Crippen molar-refractivity contribution in [3.05, 3.63) is 60.9 Å². The van der Waals surface area contributed by atoms with Crippen LogP contribution in [0.3, 0.4) is 0 Å². The molecule has 0 spiro atoms. The zero-order valence-electron chi connectivity index (χ0n) is 23.1. The number of Topliss-reactive ketones (excluding diaryl/α,β-unsaturated/α-hetero) is 1. The highest BCUT2D eigenvalue weighted by molar-refractivity contribution is 7.20. The fourth-order valence-electron chi connectivity index (χ4n) is 4.47. The van der Waals surface area contributed by atoms with Gasteiger partial charge in [0.1, 0.15) is 27.4 Å². The summed E-state index contributed by atoms with van der Waals surface area (Å²) in [5.74, 6) is -1.21. The molecule has 40 heavy (non-hydrogen) atoms. The Kier molecular flexibility index (Phi) is 10.4. The molecule has 0 unspecified atom stereocenters. The summed E-state index contributed by atoms with van der Waals surface area (Å²) in [6.45, 7) is 6.40. The monoisotopic (exact) mass is 573 g/mol. The number of thiophene rings is 1. The molecule has 0 fully saturated rings. The number of ether oxygens (including phenoxy) is 3. The summed E-state index contributed by atoms with van der Waals surface area (Å²) in [6.07, 6.45) is -0.248. The largest absolute Gasteiger partial charge is 0.496 e. The molecular weight excluding hydrogens is 541 g/mol. The summed E-state index contributed by atoms with van der Waals surface area (Å²) < 4.78 is 33.0. The van der Waals surface area contributed by atoms with Crippen LogP contribution in [0.4, 0.5) is 4.39 Å². The fourth-order valence-corrected chi connectivity index (χ4v) is 5.66. The Hall–Kier alpha value is -3.82. The van der Waals surface area contributed by atoms with E-state index in [1.807, 2.05) is 13.0 Å². The molecule has 0 bridgehead atoms. The van der Waals surface area contributed by atoms with Crippen LogP contribution in [0.1, 0.15) is 73.0 Å². The lowest BCUT2D eigenvalue weighted by atomic mass is 10.1. The Bertz CT molecular complexity index is 1570. The van der Waals surface area contributed by atoms with Gasteiger partial charge in [0.2, 0.25) is 0 Å². The molecule has 0 N–H and O–H groups in total. The van der Waals surface area contributed by atoms with Crippen molar-refractivity contribution in [2.75, 3.05) is 20.3 Å². The lowest BCUT2D eigenvalue weighted by Gasteiger charge is -2.23. The van der Waals surface area contributed by atoms with E-state index in [0.717, 1.165) is 15.9 Å². The van der Waals surface area contributed by atoms with Crippen LogP contribution < -0.4 is 16.0 Å². The number of rotatable bonds is 13. The van der Waals surface area contributed by atoms with Crippen molar-refractivity contribution in [1.82, 2.24) is 9.13 Å². The SMILES string of the molecule is CCCC(=O)[C@H](C)n1c(=O)c2c(C)c(C(=O)OCC)sc2n(C[C@H](OCCC#N)c2cc(F)ccc2OC)c1=O. The van der Waals surface area contributed by atoms with Crippen molar-refractivity contribution < 1.29 is 28.2 Å². The Morgan fingerprint density at radius 1 is 1.23 bits per heavy atom. The summed E-state index contributed by atoms with van der Waals surface area (Å²) >= 11 is 0.922. The second-order valence-corrected chi connectivity index (χ2v) is 10.1. The molecule has 0 saturated heterocycles. The normalized spacial score (nSPS) is 12.6. The van der Waals surface area contributed by atoms with E-state index in [9.17, 15) is 23.6 Å². The molecule has 0 saturated carbocycles. The van der Waals surface area contributed by atoms with E-state index in [4.69, 9.17) is 19.5 Å². The Morgan fingerprint density at radius 3 is 2.58 bits per heavy atom. The van der Waals surface area contributed by atoms with Gasteiger partial charge in [-0.25, -0.2) is 18.5 Å². The molecule has 2 heterocycles. The van der Waals surface area contributed by atoms with Gasteiger partial charge in [-0.15, -0.1) is 11.3 Å². The van der Waals surface area contributed by atoms with Gasteiger partial charge in [0.05, 0.1) is 50.8 Å². The highest BCUT2D eigenvalue weighted by atomic mass is 32.1. The van der Waals surface area contributed by atoms with Crippen LogP contribution in [0, 0.1) is 24.1 Å². The minimum Gasteiger partial charge on any atom is -0.496 e. The Labute approximate surface area is 234 Å². The minimum absolute atomic E-state index is 0.0265. The zero-order valence-corrected chi connectivity index (χ0v) is 23.9. The van der Waals surface area contributed by atoms with Gasteiger partial charge in [0.25, 0.3) is 5.56 Å². The number of carbonyl (C=O) groups excluding carboxylic acids is 2. The number of carbonyl (C=O) groups is 2. The number of esters is 1. The van der Waals surface area contributed by atoms with Crippen LogP contribution in [0.15, 0.2) is 27.8 Å². The molecule has 0 amide bonds. The topological polar surface area (TPSA) is 130 Å². The van der Waals surface area contributed by atoms with Crippen LogP contribution in [-0.2, 0) is 20.8 Å². The Morgan fingerprint density at radius 2 is 1.95 bits per heavy atom. The molecule has 3 rings (SSSR count).